The van der Waals surface area contributed by atoms with Crippen molar-refractivity contribution in [3.05, 3.63) is 0 Å². The first-order valence-corrected chi connectivity index (χ1v) is 6.98. The fourth-order valence-electron chi connectivity index (χ4n) is 0.604. The van der Waals surface area contributed by atoms with E-state index in [9.17, 15) is 8.42 Å². The van der Waals surface area contributed by atoms with Crippen molar-refractivity contribution < 1.29 is 22.4 Å². The maximum absolute atomic E-state index is 10.2. The van der Waals surface area contributed by atoms with Gasteiger partial charge in [0, 0.05) is 12.3 Å². The Morgan fingerprint density at radius 3 is 2.21 bits per heavy atom. The summed E-state index contributed by atoms with van der Waals surface area (Å²) in [6.07, 6.45) is 0. The Hall–Kier alpha value is 0.140. The topological polar surface area (TPSA) is 98.9 Å². The lowest BCUT2D eigenvalue weighted by atomic mass is 10.7. The van der Waals surface area contributed by atoms with Crippen molar-refractivity contribution in [2.75, 3.05) is 38.7 Å². The van der Waals surface area contributed by atoms with Gasteiger partial charge in [-0.2, -0.15) is 8.42 Å². The largest absolute Gasteiger partial charge is 0.378 e. The van der Waals surface area contributed by atoms with Gasteiger partial charge in [-0.3, -0.25) is 4.55 Å². The third-order valence-corrected chi connectivity index (χ3v) is 3.12. The van der Waals surface area contributed by atoms with Gasteiger partial charge < -0.3 is 15.2 Å². The molecule has 3 N–H and O–H groups in total. The molecule has 0 radical (unpaired) electrons. The Kier molecular flexibility index (Phi) is 8.53. The third kappa shape index (κ3) is 12.1. The zero-order chi connectivity index (χ0) is 10.9. The van der Waals surface area contributed by atoms with E-state index in [1.807, 2.05) is 0 Å². The molecule has 0 aromatic rings. The number of rotatable bonds is 9. The van der Waals surface area contributed by atoms with Gasteiger partial charge in [0.2, 0.25) is 0 Å². The van der Waals surface area contributed by atoms with E-state index in [0.717, 1.165) is 0 Å². The molecular formula is C6H15NO5S2. The fraction of sp³-hybridized carbons (Fsp3) is 1.00. The molecule has 86 valence electrons. The zero-order valence-corrected chi connectivity index (χ0v) is 9.35. The van der Waals surface area contributed by atoms with E-state index in [1.165, 1.54) is 0 Å². The van der Waals surface area contributed by atoms with Crippen molar-refractivity contribution in [1.29, 1.82) is 0 Å². The Morgan fingerprint density at radius 1 is 1.14 bits per heavy atom. The van der Waals surface area contributed by atoms with Crippen molar-refractivity contribution in [3.8, 4) is 0 Å². The van der Waals surface area contributed by atoms with Crippen LogP contribution in [-0.2, 0) is 18.6 Å². The minimum atomic E-state index is -3.94. The summed E-state index contributed by atoms with van der Waals surface area (Å²) in [5, 5.41) is 0. The van der Waals surface area contributed by atoms with Crippen LogP contribution in [0.2, 0.25) is 0 Å². The predicted molar refractivity (Wildman–Crippen MR) is 54.7 cm³/mol. The van der Waals surface area contributed by atoms with E-state index < -0.39 is 9.15 Å². The summed E-state index contributed by atoms with van der Waals surface area (Å²) in [4.78, 5) is 0. The molecule has 0 bridgehead atoms. The number of hydrogen-bond donors (Lipinski definition) is 2. The molecule has 0 heterocycles. The lowest BCUT2D eigenvalue weighted by Gasteiger charge is -2.03. The number of ether oxygens (including phenoxy) is 2. The lowest BCUT2D eigenvalue weighted by Crippen LogP contribution is -2.12. The summed E-state index contributed by atoms with van der Waals surface area (Å²) in [6, 6.07) is 0. The average molecular weight is 245 g/mol. The summed E-state index contributed by atoms with van der Waals surface area (Å²) in [6.45, 7) is 2.05. The molecule has 0 aromatic heterocycles. The molecule has 0 spiro atoms. The van der Waals surface area contributed by atoms with Crippen LogP contribution in [0, 0.1) is 0 Å². The number of nitrogens with two attached hydrogens (primary N) is 1. The maximum atomic E-state index is 10.2. The second-order valence-corrected chi connectivity index (χ2v) is 5.73. The molecule has 0 atom stereocenters. The highest BCUT2D eigenvalue weighted by Crippen LogP contribution is 2.07. The molecule has 0 rings (SSSR count). The molecule has 0 aliphatic rings. The van der Waals surface area contributed by atoms with Crippen LogP contribution in [0.5, 0.6) is 0 Å². The van der Waals surface area contributed by atoms with Gasteiger partial charge in [0.15, 0.2) is 0 Å². The van der Waals surface area contributed by atoms with Gasteiger partial charge in [-0.1, -0.05) is 0 Å². The second kappa shape index (κ2) is 8.45. The van der Waals surface area contributed by atoms with Gasteiger partial charge in [0.1, 0.15) is 0 Å². The Balaban J connectivity index is 3.07. The SMILES string of the molecule is NCCOCCOCCSS(=O)(=O)O. The molecule has 0 aromatic carbocycles. The van der Waals surface area contributed by atoms with Gasteiger partial charge in [-0.25, -0.2) is 0 Å². The molecule has 0 aliphatic heterocycles. The van der Waals surface area contributed by atoms with Crippen molar-refractivity contribution in [2.24, 2.45) is 5.73 Å². The van der Waals surface area contributed by atoms with Crippen molar-refractivity contribution in [2.45, 2.75) is 0 Å². The number of hydrogen-bond acceptors (Lipinski definition) is 6. The van der Waals surface area contributed by atoms with Crippen LogP contribution in [0.1, 0.15) is 0 Å². The summed E-state index contributed by atoms with van der Waals surface area (Å²) < 4.78 is 38.8. The van der Waals surface area contributed by atoms with E-state index in [1.54, 1.807) is 0 Å². The van der Waals surface area contributed by atoms with Gasteiger partial charge in [-0.05, 0) is 10.8 Å². The van der Waals surface area contributed by atoms with E-state index in [2.05, 4.69) is 0 Å². The molecule has 0 amide bonds. The molecule has 0 unspecified atom stereocenters. The van der Waals surface area contributed by atoms with Crippen LogP contribution >= 0.6 is 10.8 Å². The van der Waals surface area contributed by atoms with Gasteiger partial charge in [0.25, 0.3) is 0 Å². The lowest BCUT2D eigenvalue weighted by molar-refractivity contribution is 0.0571. The van der Waals surface area contributed by atoms with Crippen LogP contribution in [-0.4, -0.2) is 51.7 Å². The molecule has 8 heteroatoms. The molecule has 0 saturated carbocycles. The first kappa shape index (κ1) is 14.1. The molecule has 0 aliphatic carbocycles. The third-order valence-electron chi connectivity index (χ3n) is 1.09. The zero-order valence-electron chi connectivity index (χ0n) is 7.72. The Bertz CT molecular complexity index is 218. The highest BCUT2D eigenvalue weighted by molar-refractivity contribution is 8.69. The van der Waals surface area contributed by atoms with Crippen LogP contribution < -0.4 is 5.73 Å². The smallest absolute Gasteiger partial charge is 0.319 e. The fourth-order valence-corrected chi connectivity index (χ4v) is 1.84. The minimum Gasteiger partial charge on any atom is -0.378 e. The molecule has 14 heavy (non-hydrogen) atoms. The Morgan fingerprint density at radius 2 is 1.71 bits per heavy atom. The van der Waals surface area contributed by atoms with Crippen LogP contribution in [0.3, 0.4) is 0 Å². The van der Waals surface area contributed by atoms with Crippen LogP contribution in [0.4, 0.5) is 0 Å². The normalized spacial score (nSPS) is 11.9. The summed E-state index contributed by atoms with van der Waals surface area (Å²) >= 11 is 0. The van der Waals surface area contributed by atoms with Crippen LogP contribution in [0.25, 0.3) is 0 Å². The van der Waals surface area contributed by atoms with E-state index in [-0.39, 0.29) is 12.4 Å². The quantitative estimate of drug-likeness (QED) is 0.321. The first-order valence-electron chi connectivity index (χ1n) is 4.03. The summed E-state index contributed by atoms with van der Waals surface area (Å²) in [5.41, 5.74) is 5.18. The molecule has 6 nitrogen and oxygen atoms in total. The average Bonchev–Trinajstić information content (AvgIpc) is 2.08. The van der Waals surface area contributed by atoms with Gasteiger partial charge in [-0.15, -0.1) is 0 Å². The molecule has 0 saturated heterocycles. The summed E-state index contributed by atoms with van der Waals surface area (Å²) in [7, 11) is -3.49. The summed E-state index contributed by atoms with van der Waals surface area (Å²) in [5.74, 6) is 0.204. The van der Waals surface area contributed by atoms with Crippen LogP contribution in [0.15, 0.2) is 0 Å². The highest BCUT2D eigenvalue weighted by atomic mass is 33.1. The van der Waals surface area contributed by atoms with Crippen molar-refractivity contribution in [1.82, 2.24) is 0 Å². The molecule has 0 fully saturated rings. The first-order chi connectivity index (χ1) is 6.56. The maximum Gasteiger partial charge on any atom is 0.319 e. The van der Waals surface area contributed by atoms with E-state index in [4.69, 9.17) is 19.8 Å². The minimum absolute atomic E-state index is 0.204. The highest BCUT2D eigenvalue weighted by Gasteiger charge is 2.03. The van der Waals surface area contributed by atoms with E-state index in [0.29, 0.717) is 37.2 Å². The Labute approximate surface area is 87.3 Å². The van der Waals surface area contributed by atoms with E-state index >= 15 is 0 Å². The van der Waals surface area contributed by atoms with Crippen molar-refractivity contribution >= 4 is 19.9 Å². The van der Waals surface area contributed by atoms with Gasteiger partial charge in [0.05, 0.1) is 26.4 Å². The predicted octanol–water partition coefficient (Wildman–Crippen LogP) is -0.486. The standard InChI is InChI=1S/C6H15NO5S2/c7-1-2-11-3-4-12-5-6-13-14(8,9)10/h1-7H2,(H,8,9,10). The molecular weight excluding hydrogens is 230 g/mol. The van der Waals surface area contributed by atoms with Crippen molar-refractivity contribution in [3.63, 3.8) is 0 Å². The second-order valence-electron chi connectivity index (χ2n) is 2.26. The van der Waals surface area contributed by atoms with Gasteiger partial charge >= 0.3 is 9.15 Å². The monoisotopic (exact) mass is 245 g/mol.